The normalized spacial score (nSPS) is 17.7. The van der Waals surface area contributed by atoms with Crippen LogP contribution in [0.15, 0.2) is 66.7 Å². The topological polar surface area (TPSA) is 120 Å². The van der Waals surface area contributed by atoms with E-state index in [4.69, 9.17) is 18.9 Å². The minimum absolute atomic E-state index is 0.143. The quantitative estimate of drug-likeness (QED) is 0.205. The van der Waals surface area contributed by atoms with E-state index in [2.05, 4.69) is 22.4 Å². The lowest BCUT2D eigenvalue weighted by atomic mass is 9.69. The van der Waals surface area contributed by atoms with Crippen LogP contribution in [-0.2, 0) is 31.0 Å². The number of benzene rings is 2. The van der Waals surface area contributed by atoms with Crippen LogP contribution in [0.3, 0.4) is 0 Å². The van der Waals surface area contributed by atoms with Gasteiger partial charge in [0.2, 0.25) is 17.7 Å². The lowest BCUT2D eigenvalue weighted by molar-refractivity contribution is -0.140. The third-order valence-electron chi connectivity index (χ3n) is 9.65. The minimum atomic E-state index is -0.738. The first-order valence-corrected chi connectivity index (χ1v) is 17.9. The fourth-order valence-electron chi connectivity index (χ4n) is 7.17. The van der Waals surface area contributed by atoms with Crippen molar-refractivity contribution in [3.05, 3.63) is 83.6 Å². The Balaban J connectivity index is 1.41. The summed E-state index contributed by atoms with van der Waals surface area (Å²) in [5, 5.41) is 3.30. The maximum absolute atomic E-state index is 14.3. The van der Waals surface area contributed by atoms with Crippen LogP contribution >= 0.6 is 0 Å². The van der Waals surface area contributed by atoms with Gasteiger partial charge in [-0.25, -0.2) is 9.78 Å². The van der Waals surface area contributed by atoms with Gasteiger partial charge in [-0.15, -0.1) is 0 Å². The van der Waals surface area contributed by atoms with E-state index in [9.17, 15) is 14.4 Å². The van der Waals surface area contributed by atoms with Crippen molar-refractivity contribution in [1.29, 1.82) is 0 Å². The monoisotopic (exact) mass is 700 g/mol. The molecule has 2 atom stereocenters. The van der Waals surface area contributed by atoms with Crippen molar-refractivity contribution in [2.24, 2.45) is 11.8 Å². The van der Waals surface area contributed by atoms with E-state index in [1.807, 2.05) is 55.5 Å². The summed E-state index contributed by atoms with van der Waals surface area (Å²) in [6, 6.07) is 21.4. The van der Waals surface area contributed by atoms with Crippen molar-refractivity contribution in [2.75, 3.05) is 47.0 Å². The molecule has 1 aromatic heterocycles. The van der Waals surface area contributed by atoms with E-state index in [0.717, 1.165) is 41.9 Å². The van der Waals surface area contributed by atoms with Crippen LogP contribution in [0.5, 0.6) is 17.4 Å². The molecule has 1 N–H and O–H groups in total. The number of rotatable bonds is 13. The molecule has 51 heavy (non-hydrogen) atoms. The number of unbranched alkanes of at least 4 members (excludes halogenated alkanes) is 1. The number of fused-ring (bicyclic) bond motifs is 2. The van der Waals surface area contributed by atoms with Gasteiger partial charge < -0.3 is 34.1 Å². The number of carbonyl (C=O) groups is 3. The molecule has 0 radical (unpaired) electrons. The molecule has 3 heterocycles. The van der Waals surface area contributed by atoms with E-state index >= 15 is 0 Å². The fraction of sp³-hybridized carbons (Fsp3) is 0.500. The second-order valence-electron chi connectivity index (χ2n) is 14.4. The average Bonchev–Trinajstić information content (AvgIpc) is 3.13. The molecule has 274 valence electrons. The first-order valence-electron chi connectivity index (χ1n) is 17.9. The van der Waals surface area contributed by atoms with Crippen molar-refractivity contribution >= 4 is 17.9 Å². The summed E-state index contributed by atoms with van der Waals surface area (Å²) in [5.74, 6) is 0.396. The summed E-state index contributed by atoms with van der Waals surface area (Å²) in [6.07, 6.45) is 2.25. The molecule has 0 bridgehead atoms. The highest BCUT2D eigenvalue weighted by atomic mass is 16.6. The maximum Gasteiger partial charge on any atom is 0.410 e. The molecule has 1 saturated heterocycles. The van der Waals surface area contributed by atoms with Gasteiger partial charge >= 0.3 is 6.09 Å². The summed E-state index contributed by atoms with van der Waals surface area (Å²) < 4.78 is 22.7. The zero-order chi connectivity index (χ0) is 36.6. The van der Waals surface area contributed by atoms with Crippen LogP contribution in [0.4, 0.5) is 4.79 Å². The number of likely N-dealkylation sites (tertiary alicyclic amines) is 1. The number of carbonyl (C=O) groups excluding carboxylic acids is 3. The summed E-state index contributed by atoms with van der Waals surface area (Å²) in [7, 11) is 3.25. The van der Waals surface area contributed by atoms with Gasteiger partial charge in [-0.3, -0.25) is 9.59 Å². The number of amides is 3. The molecular formula is C40H52N4O7. The predicted octanol–water partition coefficient (Wildman–Crippen LogP) is 6.34. The number of hydrogen-bond acceptors (Lipinski definition) is 8. The van der Waals surface area contributed by atoms with E-state index in [1.165, 1.54) is 4.90 Å². The number of nitrogens with zero attached hydrogens (tertiary/aromatic N) is 3. The SMILES string of the molecule is CCN(Cc1cccc(OC)n1)C(=O)[C@@H]1C[C@H](C(=O)NCC2(CCCCOC)c3ccccc3Oc3ccccc32)CN(C(=O)OC(C)(C)C)C1. The van der Waals surface area contributed by atoms with E-state index in [-0.39, 0.29) is 31.4 Å². The molecule has 0 aliphatic carbocycles. The van der Waals surface area contributed by atoms with Crippen LogP contribution in [-0.4, -0.2) is 85.3 Å². The smallest absolute Gasteiger partial charge is 0.410 e. The van der Waals surface area contributed by atoms with Crippen LogP contribution in [0.25, 0.3) is 0 Å². The van der Waals surface area contributed by atoms with Gasteiger partial charge in [0.05, 0.1) is 31.2 Å². The highest BCUT2D eigenvalue weighted by molar-refractivity contribution is 5.84. The number of piperidine rings is 1. The first-order chi connectivity index (χ1) is 24.5. The molecule has 0 spiro atoms. The van der Waals surface area contributed by atoms with Crippen molar-refractivity contribution in [1.82, 2.24) is 20.1 Å². The zero-order valence-corrected chi connectivity index (χ0v) is 30.8. The first kappa shape index (κ1) is 37.6. The second kappa shape index (κ2) is 16.6. The number of hydrogen-bond donors (Lipinski definition) is 1. The van der Waals surface area contributed by atoms with Crippen molar-refractivity contribution in [3.63, 3.8) is 0 Å². The van der Waals surface area contributed by atoms with Crippen LogP contribution in [0.2, 0.25) is 0 Å². The summed E-state index contributed by atoms with van der Waals surface area (Å²) >= 11 is 0. The fourth-order valence-corrected chi connectivity index (χ4v) is 7.17. The largest absolute Gasteiger partial charge is 0.481 e. The lowest BCUT2D eigenvalue weighted by Crippen LogP contribution is -2.54. The Kier molecular flexibility index (Phi) is 12.2. The third-order valence-corrected chi connectivity index (χ3v) is 9.65. The van der Waals surface area contributed by atoms with Crippen molar-refractivity contribution in [3.8, 4) is 17.4 Å². The molecular weight excluding hydrogens is 648 g/mol. The molecule has 2 aromatic carbocycles. The molecule has 0 saturated carbocycles. The van der Waals surface area contributed by atoms with Gasteiger partial charge in [0.15, 0.2) is 0 Å². The van der Waals surface area contributed by atoms with Crippen LogP contribution < -0.4 is 14.8 Å². The van der Waals surface area contributed by atoms with E-state index in [1.54, 1.807) is 46.0 Å². The maximum atomic E-state index is 14.3. The highest BCUT2D eigenvalue weighted by Crippen LogP contribution is 2.50. The number of pyridine rings is 1. The molecule has 3 amide bonds. The van der Waals surface area contributed by atoms with Gasteiger partial charge in [-0.1, -0.05) is 42.5 Å². The summed E-state index contributed by atoms with van der Waals surface area (Å²) in [4.78, 5) is 49.6. The lowest BCUT2D eigenvalue weighted by Gasteiger charge is -2.42. The Morgan fingerprint density at radius 2 is 1.61 bits per heavy atom. The third kappa shape index (κ3) is 9.00. The van der Waals surface area contributed by atoms with E-state index < -0.39 is 28.9 Å². The van der Waals surface area contributed by atoms with Crippen LogP contribution in [0, 0.1) is 11.8 Å². The summed E-state index contributed by atoms with van der Waals surface area (Å²) in [5.41, 5.74) is 1.41. The number of ether oxygens (including phenoxy) is 4. The average molecular weight is 701 g/mol. The minimum Gasteiger partial charge on any atom is -0.481 e. The summed E-state index contributed by atoms with van der Waals surface area (Å²) in [6.45, 7) is 9.29. The molecule has 1 fully saturated rings. The Morgan fingerprint density at radius 1 is 0.941 bits per heavy atom. The second-order valence-corrected chi connectivity index (χ2v) is 14.4. The zero-order valence-electron chi connectivity index (χ0n) is 30.8. The Bertz CT molecular complexity index is 1630. The molecule has 3 aromatic rings. The van der Waals surface area contributed by atoms with Crippen molar-refractivity contribution < 1.29 is 33.3 Å². The number of para-hydroxylation sites is 2. The number of nitrogens with one attached hydrogen (secondary N) is 1. The molecule has 0 unspecified atom stereocenters. The Labute approximate surface area is 301 Å². The van der Waals surface area contributed by atoms with Crippen LogP contribution in [0.1, 0.15) is 70.2 Å². The predicted molar refractivity (Wildman–Crippen MR) is 194 cm³/mol. The van der Waals surface area contributed by atoms with Gasteiger partial charge in [0.25, 0.3) is 0 Å². The standard InChI is InChI=1S/C40H52N4O7/c1-7-43(26-30-15-14-20-35(42-30)49-6)37(46)29-23-28(24-44(25-29)38(47)51-39(2,3)4)36(45)41-27-40(21-12-13-22-48-5)31-16-8-10-18-33(31)50-34-19-11-9-17-32(34)40/h8-11,14-20,28-29H,7,12-13,21-27H2,1-6H3,(H,41,45)/t28-,29+/m0/s1. The molecule has 2 aliphatic rings. The molecule has 11 heteroatoms. The molecule has 5 rings (SSSR count). The number of methoxy groups -OCH3 is 2. The number of aromatic nitrogens is 1. The molecule has 2 aliphatic heterocycles. The van der Waals surface area contributed by atoms with Gasteiger partial charge in [-0.2, -0.15) is 0 Å². The van der Waals surface area contributed by atoms with Gasteiger partial charge in [-0.05, 0) is 71.6 Å². The van der Waals surface area contributed by atoms with Gasteiger partial charge in [0.1, 0.15) is 17.1 Å². The van der Waals surface area contributed by atoms with E-state index in [0.29, 0.717) is 37.7 Å². The Morgan fingerprint density at radius 3 is 2.24 bits per heavy atom. The molecule has 11 nitrogen and oxygen atoms in total. The Hall–Kier alpha value is -4.64. The van der Waals surface area contributed by atoms with Crippen molar-refractivity contribution in [2.45, 2.75) is 70.9 Å². The highest BCUT2D eigenvalue weighted by Gasteiger charge is 2.44. The van der Waals surface area contributed by atoms with Gasteiger partial charge in [0, 0.05) is 62.5 Å².